The molecule has 0 aliphatic carbocycles. The molecule has 1 fully saturated rings. The zero-order valence-corrected chi connectivity index (χ0v) is 15.6. The number of imidazole rings is 1. The van der Waals surface area contributed by atoms with Crippen molar-refractivity contribution in [1.29, 1.82) is 0 Å². The van der Waals surface area contributed by atoms with Crippen LogP contribution in [0.4, 0.5) is 17.6 Å². The summed E-state index contributed by atoms with van der Waals surface area (Å²) in [5.41, 5.74) is 1.96. The highest BCUT2D eigenvalue weighted by Gasteiger charge is 2.18. The number of nitrogens with one attached hydrogen (secondary N) is 1. The first-order chi connectivity index (χ1) is 12.6. The second-order valence-electron chi connectivity index (χ2n) is 7.34. The molecule has 1 N–H and O–H groups in total. The van der Waals surface area contributed by atoms with Crippen molar-refractivity contribution in [2.45, 2.75) is 39.7 Å². The minimum absolute atomic E-state index is 0.349. The van der Waals surface area contributed by atoms with E-state index in [1.165, 1.54) is 12.8 Å². The van der Waals surface area contributed by atoms with Gasteiger partial charge in [-0.3, -0.25) is 0 Å². The molecule has 4 rings (SSSR count). The Hall–Kier alpha value is -2.70. The number of rotatable bonds is 4. The summed E-state index contributed by atoms with van der Waals surface area (Å²) in [7, 11) is 0. The van der Waals surface area contributed by atoms with E-state index in [0.717, 1.165) is 47.6 Å². The highest BCUT2D eigenvalue weighted by atomic mass is 15.3. The van der Waals surface area contributed by atoms with Crippen molar-refractivity contribution in [3.8, 4) is 0 Å². The second kappa shape index (κ2) is 6.90. The van der Waals surface area contributed by atoms with Gasteiger partial charge in [0.2, 0.25) is 5.95 Å². The van der Waals surface area contributed by atoms with E-state index < -0.39 is 0 Å². The summed E-state index contributed by atoms with van der Waals surface area (Å²) in [5, 5.41) is 3.31. The van der Waals surface area contributed by atoms with Crippen LogP contribution in [0, 0.1) is 5.92 Å². The lowest BCUT2D eigenvalue weighted by atomic mass is 10.00. The van der Waals surface area contributed by atoms with E-state index in [2.05, 4.69) is 55.5 Å². The van der Waals surface area contributed by atoms with E-state index in [4.69, 9.17) is 0 Å². The Morgan fingerprint density at radius 2 is 1.92 bits per heavy atom. The molecule has 3 aromatic rings. The highest BCUT2D eigenvalue weighted by molar-refractivity contribution is 5.78. The first-order valence-electron chi connectivity index (χ1n) is 9.28. The van der Waals surface area contributed by atoms with Gasteiger partial charge in [0.05, 0.1) is 18.0 Å². The Kier molecular flexibility index (Phi) is 4.44. The van der Waals surface area contributed by atoms with Gasteiger partial charge in [-0.15, -0.1) is 0 Å². The Labute approximate surface area is 153 Å². The van der Waals surface area contributed by atoms with Crippen LogP contribution in [0.2, 0.25) is 0 Å². The summed E-state index contributed by atoms with van der Waals surface area (Å²) in [4.78, 5) is 20.3. The predicted molar refractivity (Wildman–Crippen MR) is 104 cm³/mol. The monoisotopic (exact) mass is 351 g/mol. The summed E-state index contributed by atoms with van der Waals surface area (Å²) in [5.74, 6) is 3.09. The number of nitrogens with zero attached hydrogens (tertiary/aromatic N) is 6. The van der Waals surface area contributed by atoms with Gasteiger partial charge in [-0.1, -0.05) is 6.92 Å². The van der Waals surface area contributed by atoms with Crippen molar-refractivity contribution < 1.29 is 0 Å². The topological polar surface area (TPSA) is 71.8 Å². The average Bonchev–Trinajstić information content (AvgIpc) is 3.06. The predicted octanol–water partition coefficient (Wildman–Crippen LogP) is 3.78. The molecule has 0 spiro atoms. The molecule has 0 bridgehead atoms. The van der Waals surface area contributed by atoms with Gasteiger partial charge in [0.25, 0.3) is 0 Å². The van der Waals surface area contributed by atoms with Crippen LogP contribution in [0.1, 0.15) is 39.7 Å². The lowest BCUT2D eigenvalue weighted by Gasteiger charge is -2.30. The van der Waals surface area contributed by atoms with Gasteiger partial charge in [0.15, 0.2) is 0 Å². The molecule has 26 heavy (non-hydrogen) atoms. The van der Waals surface area contributed by atoms with Crippen LogP contribution < -0.4 is 10.2 Å². The molecule has 7 nitrogen and oxygen atoms in total. The Balaban J connectivity index is 1.56. The quantitative estimate of drug-likeness (QED) is 0.771. The van der Waals surface area contributed by atoms with Gasteiger partial charge in [-0.25, -0.2) is 15.0 Å². The van der Waals surface area contributed by atoms with Crippen LogP contribution in [-0.4, -0.2) is 37.6 Å². The molecule has 7 heteroatoms. The number of anilines is 3. The maximum Gasteiger partial charge on any atom is 0.227 e. The van der Waals surface area contributed by atoms with E-state index in [-0.39, 0.29) is 0 Å². The summed E-state index contributed by atoms with van der Waals surface area (Å²) >= 11 is 0. The van der Waals surface area contributed by atoms with E-state index in [9.17, 15) is 0 Å². The molecule has 1 aliphatic heterocycles. The zero-order chi connectivity index (χ0) is 18.1. The van der Waals surface area contributed by atoms with Crippen molar-refractivity contribution in [2.24, 2.45) is 5.92 Å². The fourth-order valence-electron chi connectivity index (χ4n) is 3.32. The number of aromatic nitrogens is 5. The van der Waals surface area contributed by atoms with Crippen molar-refractivity contribution in [3.05, 3.63) is 30.9 Å². The molecule has 1 saturated heterocycles. The highest BCUT2D eigenvalue weighted by Crippen LogP contribution is 2.23. The third-order valence-corrected chi connectivity index (χ3v) is 4.98. The molecule has 4 heterocycles. The lowest BCUT2D eigenvalue weighted by Crippen LogP contribution is -2.34. The summed E-state index contributed by atoms with van der Waals surface area (Å²) in [6.45, 7) is 8.63. The third-order valence-electron chi connectivity index (χ3n) is 4.98. The van der Waals surface area contributed by atoms with E-state index in [0.29, 0.717) is 6.04 Å². The fourth-order valence-corrected chi connectivity index (χ4v) is 3.32. The van der Waals surface area contributed by atoms with Crippen LogP contribution in [0.5, 0.6) is 0 Å². The molecule has 136 valence electrons. The van der Waals surface area contributed by atoms with Gasteiger partial charge in [0.1, 0.15) is 17.2 Å². The van der Waals surface area contributed by atoms with Crippen LogP contribution in [0.3, 0.4) is 0 Å². The normalized spacial score (nSPS) is 15.8. The first kappa shape index (κ1) is 16.8. The Morgan fingerprint density at radius 1 is 1.12 bits per heavy atom. The average molecular weight is 351 g/mol. The van der Waals surface area contributed by atoms with Crippen molar-refractivity contribution in [1.82, 2.24) is 24.5 Å². The van der Waals surface area contributed by atoms with Crippen LogP contribution in [0.25, 0.3) is 11.0 Å². The standard InChI is InChI=1S/C19H25N7/c1-13(2)26-12-22-15-11-21-18(10-16(15)26)23-17-4-7-20-19(24-17)25-8-5-14(3)6-9-25/h4,7,10-14H,5-6,8-9H2,1-3H3,(H,20,21,23,24). The maximum atomic E-state index is 4.68. The molecule has 0 radical (unpaired) electrons. The summed E-state index contributed by atoms with van der Waals surface area (Å²) in [6.07, 6.45) is 7.85. The minimum atomic E-state index is 0.349. The second-order valence-corrected chi connectivity index (χ2v) is 7.34. The number of hydrogen-bond donors (Lipinski definition) is 1. The Morgan fingerprint density at radius 3 is 2.69 bits per heavy atom. The van der Waals surface area contributed by atoms with Crippen LogP contribution in [-0.2, 0) is 0 Å². The molecule has 1 aliphatic rings. The van der Waals surface area contributed by atoms with Gasteiger partial charge in [0, 0.05) is 31.4 Å². The van der Waals surface area contributed by atoms with E-state index >= 15 is 0 Å². The third kappa shape index (κ3) is 3.34. The van der Waals surface area contributed by atoms with E-state index in [1.54, 1.807) is 12.4 Å². The molecular weight excluding hydrogens is 326 g/mol. The number of hydrogen-bond acceptors (Lipinski definition) is 6. The molecule has 0 atom stereocenters. The Bertz CT molecular complexity index is 894. The van der Waals surface area contributed by atoms with Gasteiger partial charge < -0.3 is 14.8 Å². The van der Waals surface area contributed by atoms with Crippen LogP contribution in [0.15, 0.2) is 30.9 Å². The maximum absolute atomic E-state index is 4.68. The SMILES string of the molecule is CC1CCN(c2nccc(Nc3cc4c(cn3)ncn4C(C)C)n2)CC1. The largest absolute Gasteiger partial charge is 0.341 e. The van der Waals surface area contributed by atoms with Gasteiger partial charge in [-0.05, 0) is 38.7 Å². The number of pyridine rings is 1. The minimum Gasteiger partial charge on any atom is -0.341 e. The van der Waals surface area contributed by atoms with Gasteiger partial charge >= 0.3 is 0 Å². The van der Waals surface area contributed by atoms with Gasteiger partial charge in [-0.2, -0.15) is 4.98 Å². The first-order valence-corrected chi connectivity index (χ1v) is 9.28. The molecule has 3 aromatic heterocycles. The molecule has 0 amide bonds. The zero-order valence-electron chi connectivity index (χ0n) is 15.6. The van der Waals surface area contributed by atoms with Crippen molar-refractivity contribution >= 4 is 28.6 Å². The van der Waals surface area contributed by atoms with Crippen molar-refractivity contribution in [3.63, 3.8) is 0 Å². The number of piperidine rings is 1. The molecular formula is C19H25N7. The number of fused-ring (bicyclic) bond motifs is 1. The molecule has 0 saturated carbocycles. The summed E-state index contributed by atoms with van der Waals surface area (Å²) < 4.78 is 2.14. The fraction of sp³-hybridized carbons (Fsp3) is 0.474. The lowest BCUT2D eigenvalue weighted by molar-refractivity contribution is 0.434. The smallest absolute Gasteiger partial charge is 0.227 e. The van der Waals surface area contributed by atoms with Crippen molar-refractivity contribution in [2.75, 3.05) is 23.3 Å². The van der Waals surface area contributed by atoms with E-state index in [1.807, 2.05) is 18.5 Å². The molecule has 0 unspecified atom stereocenters. The summed E-state index contributed by atoms with van der Waals surface area (Å²) in [6, 6.07) is 4.25. The van der Waals surface area contributed by atoms with Crippen LogP contribution >= 0.6 is 0 Å². The molecule has 0 aromatic carbocycles.